The average molecular weight is 443 g/mol. The van der Waals surface area contributed by atoms with Crippen LogP contribution < -0.4 is 16.0 Å². The van der Waals surface area contributed by atoms with E-state index in [2.05, 4.69) is 15.3 Å². The van der Waals surface area contributed by atoms with E-state index in [0.717, 1.165) is 5.69 Å². The minimum Gasteiger partial charge on any atom is -0.444 e. The number of nitrogens with two attached hydrogens (primary N) is 1. The highest BCUT2D eigenvalue weighted by Gasteiger charge is 2.40. The number of hydrogen-bond donors (Lipinski definition) is 4. The number of rotatable bonds is 10. The van der Waals surface area contributed by atoms with E-state index < -0.39 is 29.2 Å². The number of aromatic nitrogens is 2. The number of aromatic amines is 1. The van der Waals surface area contributed by atoms with Gasteiger partial charge in [-0.25, -0.2) is 9.78 Å². The Labute approximate surface area is 189 Å². The van der Waals surface area contributed by atoms with E-state index in [9.17, 15) is 9.59 Å². The Balaban J connectivity index is 2.09. The number of amides is 2. The lowest BCUT2D eigenvalue weighted by Gasteiger charge is -2.39. The van der Waals surface area contributed by atoms with Crippen molar-refractivity contribution in [2.45, 2.75) is 71.1 Å². The fourth-order valence-electron chi connectivity index (χ4n) is 3.35. The van der Waals surface area contributed by atoms with Gasteiger partial charge in [0.25, 0.3) is 0 Å². The Kier molecular flexibility index (Phi) is 8.02. The van der Waals surface area contributed by atoms with E-state index in [1.165, 1.54) is 0 Å². The maximum absolute atomic E-state index is 12.6. The molecule has 0 aliphatic heterocycles. The minimum atomic E-state index is -1.08. The summed E-state index contributed by atoms with van der Waals surface area (Å²) in [5.41, 5.74) is 5.29. The van der Waals surface area contributed by atoms with Crippen molar-refractivity contribution in [3.63, 3.8) is 0 Å². The highest BCUT2D eigenvalue weighted by molar-refractivity contribution is 5.91. The number of carbonyl (C=O) groups is 2. The van der Waals surface area contributed by atoms with Gasteiger partial charge in [-0.15, -0.1) is 0 Å². The number of anilines is 2. The van der Waals surface area contributed by atoms with Crippen LogP contribution in [0.1, 0.15) is 53.9 Å². The lowest BCUT2D eigenvalue weighted by molar-refractivity contribution is -0.122. The molecule has 0 spiro atoms. The van der Waals surface area contributed by atoms with E-state index in [1.807, 2.05) is 30.3 Å². The highest BCUT2D eigenvalue weighted by atomic mass is 16.6. The number of alkyl carbamates (subject to hydrolysis) is 1. The molecule has 0 fully saturated rings. The topological polar surface area (TPSA) is 137 Å². The SMILES string of the molecule is CC(NC(=O)OC(C)(C)C)C(=N)CCC[C@@](C)(C(N)=O)N(c1ccccc1)c1ncc[nH]1. The first-order chi connectivity index (χ1) is 14.9. The Morgan fingerprint density at radius 3 is 2.44 bits per heavy atom. The summed E-state index contributed by atoms with van der Waals surface area (Å²) in [6, 6.07) is 8.95. The molecule has 0 saturated heterocycles. The van der Waals surface area contributed by atoms with Crippen LogP contribution in [0.3, 0.4) is 0 Å². The first kappa shape index (κ1) is 24.9. The summed E-state index contributed by atoms with van der Waals surface area (Å²) >= 11 is 0. The van der Waals surface area contributed by atoms with Crippen LogP contribution in [0.4, 0.5) is 16.4 Å². The second-order valence-electron chi connectivity index (χ2n) is 8.97. The van der Waals surface area contributed by atoms with Gasteiger partial charge in [0.2, 0.25) is 11.9 Å². The molecule has 174 valence electrons. The molecule has 0 saturated carbocycles. The number of benzene rings is 1. The molecule has 32 heavy (non-hydrogen) atoms. The van der Waals surface area contributed by atoms with Crippen LogP contribution >= 0.6 is 0 Å². The number of hydrogen-bond acceptors (Lipinski definition) is 6. The average Bonchev–Trinajstić information content (AvgIpc) is 3.21. The van der Waals surface area contributed by atoms with E-state index in [4.69, 9.17) is 15.9 Å². The monoisotopic (exact) mass is 442 g/mol. The van der Waals surface area contributed by atoms with Crippen molar-refractivity contribution in [1.82, 2.24) is 15.3 Å². The summed E-state index contributed by atoms with van der Waals surface area (Å²) < 4.78 is 5.25. The van der Waals surface area contributed by atoms with Crippen molar-refractivity contribution in [2.24, 2.45) is 5.73 Å². The van der Waals surface area contributed by atoms with Crippen LogP contribution in [-0.4, -0.2) is 44.9 Å². The second-order valence-corrected chi connectivity index (χ2v) is 8.97. The largest absolute Gasteiger partial charge is 0.444 e. The zero-order chi connectivity index (χ0) is 23.9. The lowest BCUT2D eigenvalue weighted by atomic mass is 9.90. The first-order valence-electron chi connectivity index (χ1n) is 10.7. The van der Waals surface area contributed by atoms with Crippen LogP contribution in [0.5, 0.6) is 0 Å². The van der Waals surface area contributed by atoms with Gasteiger partial charge in [0.05, 0.1) is 6.04 Å². The van der Waals surface area contributed by atoms with E-state index in [-0.39, 0.29) is 0 Å². The molecule has 2 aromatic rings. The standard InChI is InChI=1S/C23H34N6O3/c1-16(28-21(31)32-22(2,3)4)18(24)12-9-13-23(5,19(25)30)29(20-26-14-15-27-20)17-10-7-6-8-11-17/h6-8,10-11,14-16,24H,9,12-13H2,1-5H3,(H2,25,30)(H,26,27)(H,28,31)/t16?,23-/m0/s1. The Hall–Kier alpha value is -3.36. The molecule has 0 radical (unpaired) electrons. The van der Waals surface area contributed by atoms with E-state index >= 15 is 0 Å². The summed E-state index contributed by atoms with van der Waals surface area (Å²) in [5, 5.41) is 11.0. The molecule has 2 amide bonds. The normalized spacial score (nSPS) is 14.2. The Bertz CT molecular complexity index is 908. The summed E-state index contributed by atoms with van der Waals surface area (Å²) in [6.45, 7) is 8.86. The molecule has 1 aromatic heterocycles. The number of ether oxygens (including phenoxy) is 1. The van der Waals surface area contributed by atoms with Gasteiger partial charge in [-0.2, -0.15) is 0 Å². The van der Waals surface area contributed by atoms with Crippen molar-refractivity contribution in [3.05, 3.63) is 42.7 Å². The fourth-order valence-corrected chi connectivity index (χ4v) is 3.35. The molecule has 0 aliphatic rings. The van der Waals surface area contributed by atoms with E-state index in [0.29, 0.717) is 30.9 Å². The van der Waals surface area contributed by atoms with Gasteiger partial charge in [-0.3, -0.25) is 9.69 Å². The van der Waals surface area contributed by atoms with Crippen LogP contribution in [0, 0.1) is 5.41 Å². The molecule has 1 unspecified atom stereocenters. The van der Waals surface area contributed by atoms with Crippen LogP contribution in [-0.2, 0) is 9.53 Å². The van der Waals surface area contributed by atoms with Crippen molar-refractivity contribution in [3.8, 4) is 0 Å². The van der Waals surface area contributed by atoms with Gasteiger partial charge in [-0.05, 0) is 66.0 Å². The highest BCUT2D eigenvalue weighted by Crippen LogP contribution is 2.34. The maximum Gasteiger partial charge on any atom is 0.408 e. The van der Waals surface area contributed by atoms with Gasteiger partial charge in [0.15, 0.2) is 0 Å². The fraction of sp³-hybridized carbons (Fsp3) is 0.478. The second kappa shape index (κ2) is 10.3. The molecule has 0 bridgehead atoms. The maximum atomic E-state index is 12.6. The molecular formula is C23H34N6O3. The van der Waals surface area contributed by atoms with Crippen molar-refractivity contribution >= 4 is 29.3 Å². The predicted octanol–water partition coefficient (Wildman–Crippen LogP) is 3.90. The minimum absolute atomic E-state index is 0.340. The summed E-state index contributed by atoms with van der Waals surface area (Å²) in [7, 11) is 0. The zero-order valence-corrected chi connectivity index (χ0v) is 19.4. The number of primary amides is 1. The third kappa shape index (κ3) is 6.57. The Morgan fingerprint density at radius 2 is 1.91 bits per heavy atom. The molecule has 0 aliphatic carbocycles. The van der Waals surface area contributed by atoms with Crippen molar-refractivity contribution < 1.29 is 14.3 Å². The smallest absolute Gasteiger partial charge is 0.408 e. The molecule has 2 atom stereocenters. The van der Waals surface area contributed by atoms with Gasteiger partial charge in [0, 0.05) is 23.8 Å². The molecular weight excluding hydrogens is 408 g/mol. The molecule has 1 aromatic carbocycles. The summed E-state index contributed by atoms with van der Waals surface area (Å²) in [5.74, 6) is 0.0109. The third-order valence-corrected chi connectivity index (χ3v) is 5.10. The lowest BCUT2D eigenvalue weighted by Crippen LogP contribution is -2.54. The molecule has 2 rings (SSSR count). The number of nitrogens with one attached hydrogen (secondary N) is 3. The van der Waals surface area contributed by atoms with Gasteiger partial charge < -0.3 is 26.2 Å². The van der Waals surface area contributed by atoms with Crippen molar-refractivity contribution in [2.75, 3.05) is 4.90 Å². The quantitative estimate of drug-likeness (QED) is 0.414. The van der Waals surface area contributed by atoms with Gasteiger partial charge >= 0.3 is 6.09 Å². The first-order valence-corrected chi connectivity index (χ1v) is 10.7. The molecule has 9 heteroatoms. The molecule has 1 heterocycles. The van der Waals surface area contributed by atoms with Gasteiger partial charge in [-0.1, -0.05) is 18.2 Å². The number of H-pyrrole nitrogens is 1. The van der Waals surface area contributed by atoms with Crippen molar-refractivity contribution in [1.29, 1.82) is 5.41 Å². The molecule has 9 nitrogen and oxygen atoms in total. The van der Waals surface area contributed by atoms with Gasteiger partial charge in [0.1, 0.15) is 11.1 Å². The summed E-state index contributed by atoms with van der Waals surface area (Å²) in [4.78, 5) is 33.8. The Morgan fingerprint density at radius 1 is 1.25 bits per heavy atom. The third-order valence-electron chi connectivity index (χ3n) is 5.10. The van der Waals surface area contributed by atoms with Crippen LogP contribution in [0.2, 0.25) is 0 Å². The van der Waals surface area contributed by atoms with Crippen LogP contribution in [0.25, 0.3) is 0 Å². The predicted molar refractivity (Wildman–Crippen MR) is 125 cm³/mol. The van der Waals surface area contributed by atoms with Crippen LogP contribution in [0.15, 0.2) is 42.7 Å². The number of nitrogens with zero attached hydrogens (tertiary/aromatic N) is 2. The number of carbonyl (C=O) groups excluding carboxylic acids is 2. The molecule has 5 N–H and O–H groups in total. The zero-order valence-electron chi connectivity index (χ0n) is 19.4. The number of para-hydroxylation sites is 1. The van der Waals surface area contributed by atoms with E-state index in [1.54, 1.807) is 51.9 Å². The summed E-state index contributed by atoms with van der Waals surface area (Å²) in [6.07, 6.45) is 4.03. The number of imidazole rings is 1.